The first-order chi connectivity index (χ1) is 10.7. The van der Waals surface area contributed by atoms with Crippen molar-refractivity contribution in [2.75, 3.05) is 12.4 Å². The second kappa shape index (κ2) is 6.04. The maximum absolute atomic E-state index is 12.1. The summed E-state index contributed by atoms with van der Waals surface area (Å²) in [6.07, 6.45) is 2.98. The van der Waals surface area contributed by atoms with Gasteiger partial charge in [-0.2, -0.15) is 5.10 Å². The molecule has 3 rings (SSSR count). The maximum atomic E-state index is 12.1. The summed E-state index contributed by atoms with van der Waals surface area (Å²) in [5, 5.41) is 13.3. The van der Waals surface area contributed by atoms with Crippen molar-refractivity contribution in [1.29, 1.82) is 0 Å². The second-order valence-corrected chi connectivity index (χ2v) is 4.38. The van der Waals surface area contributed by atoms with E-state index in [0.29, 0.717) is 23.8 Å². The normalized spacial score (nSPS) is 10.4. The maximum Gasteiger partial charge on any atom is 0.295 e. The van der Waals surface area contributed by atoms with Crippen LogP contribution in [0.3, 0.4) is 0 Å². The first-order valence-electron chi connectivity index (χ1n) is 6.43. The Balaban J connectivity index is 1.65. The largest absolute Gasteiger partial charge is 0.497 e. The molecule has 0 unspecified atom stereocenters. The number of hydrogen-bond donors (Lipinski definition) is 2. The quantitative estimate of drug-likeness (QED) is 0.717. The molecule has 2 heterocycles. The molecule has 0 spiro atoms. The molecular formula is C13H13N7O2. The molecular weight excluding hydrogens is 286 g/mol. The fourth-order valence-corrected chi connectivity index (χ4v) is 1.80. The van der Waals surface area contributed by atoms with Crippen LogP contribution in [-0.4, -0.2) is 43.0 Å². The highest BCUT2D eigenvalue weighted by Crippen LogP contribution is 2.15. The van der Waals surface area contributed by atoms with Crippen molar-refractivity contribution in [3.8, 4) is 5.75 Å². The first kappa shape index (κ1) is 13.7. The molecule has 112 valence electrons. The SMILES string of the molecule is COc1ccc(NC(=O)c2n[nH]c(Cn3cncn3)n2)cc1. The van der Waals surface area contributed by atoms with Crippen LogP contribution in [0.25, 0.3) is 0 Å². The Morgan fingerprint density at radius 1 is 1.36 bits per heavy atom. The van der Waals surface area contributed by atoms with E-state index in [9.17, 15) is 4.79 Å². The van der Waals surface area contributed by atoms with Gasteiger partial charge in [-0.25, -0.2) is 14.6 Å². The molecule has 2 aromatic heterocycles. The van der Waals surface area contributed by atoms with E-state index >= 15 is 0 Å². The summed E-state index contributed by atoms with van der Waals surface area (Å²) in [5.74, 6) is 0.897. The summed E-state index contributed by atoms with van der Waals surface area (Å²) >= 11 is 0. The van der Waals surface area contributed by atoms with Crippen LogP contribution in [0, 0.1) is 0 Å². The van der Waals surface area contributed by atoms with E-state index in [1.165, 1.54) is 6.33 Å². The van der Waals surface area contributed by atoms with Crippen LogP contribution in [0.4, 0.5) is 5.69 Å². The van der Waals surface area contributed by atoms with E-state index < -0.39 is 5.91 Å². The molecule has 0 aliphatic heterocycles. The molecule has 0 bridgehead atoms. The Kier molecular flexibility index (Phi) is 3.77. The number of amides is 1. The molecule has 0 fully saturated rings. The third-order valence-electron chi connectivity index (χ3n) is 2.86. The van der Waals surface area contributed by atoms with E-state index in [0.717, 1.165) is 0 Å². The van der Waals surface area contributed by atoms with Gasteiger partial charge in [0.25, 0.3) is 5.91 Å². The number of aromatic nitrogens is 6. The van der Waals surface area contributed by atoms with Crippen LogP contribution in [0.1, 0.15) is 16.4 Å². The number of aromatic amines is 1. The zero-order valence-corrected chi connectivity index (χ0v) is 11.7. The molecule has 22 heavy (non-hydrogen) atoms. The highest BCUT2D eigenvalue weighted by atomic mass is 16.5. The van der Waals surface area contributed by atoms with Crippen molar-refractivity contribution in [1.82, 2.24) is 29.9 Å². The Hall–Kier alpha value is -3.23. The Bertz CT molecular complexity index is 749. The fourth-order valence-electron chi connectivity index (χ4n) is 1.80. The molecule has 0 saturated carbocycles. The average molecular weight is 299 g/mol. The number of carbonyl (C=O) groups is 1. The van der Waals surface area contributed by atoms with E-state index in [1.54, 1.807) is 42.4 Å². The van der Waals surface area contributed by atoms with Gasteiger partial charge in [0.2, 0.25) is 5.82 Å². The van der Waals surface area contributed by atoms with E-state index in [4.69, 9.17) is 4.74 Å². The van der Waals surface area contributed by atoms with Crippen LogP contribution < -0.4 is 10.1 Å². The summed E-state index contributed by atoms with van der Waals surface area (Å²) < 4.78 is 6.63. The van der Waals surface area contributed by atoms with Gasteiger partial charge in [-0.3, -0.25) is 9.89 Å². The fraction of sp³-hybridized carbons (Fsp3) is 0.154. The number of ether oxygens (including phenoxy) is 1. The molecule has 0 radical (unpaired) electrons. The number of nitrogens with one attached hydrogen (secondary N) is 2. The number of nitrogens with zero attached hydrogens (tertiary/aromatic N) is 5. The lowest BCUT2D eigenvalue weighted by Crippen LogP contribution is -2.13. The van der Waals surface area contributed by atoms with Crippen LogP contribution in [0.5, 0.6) is 5.75 Å². The van der Waals surface area contributed by atoms with Crippen LogP contribution in [0.15, 0.2) is 36.9 Å². The van der Waals surface area contributed by atoms with E-state index in [1.807, 2.05) is 0 Å². The Labute approximate surface area is 125 Å². The topological polar surface area (TPSA) is 111 Å². The van der Waals surface area contributed by atoms with Gasteiger partial charge in [0, 0.05) is 5.69 Å². The minimum absolute atomic E-state index is 0.0610. The minimum Gasteiger partial charge on any atom is -0.497 e. The number of methoxy groups -OCH3 is 1. The lowest BCUT2D eigenvalue weighted by molar-refractivity contribution is 0.101. The number of carbonyl (C=O) groups excluding carboxylic acids is 1. The van der Waals surface area contributed by atoms with Gasteiger partial charge < -0.3 is 10.1 Å². The van der Waals surface area contributed by atoms with Gasteiger partial charge >= 0.3 is 0 Å². The van der Waals surface area contributed by atoms with Crippen LogP contribution >= 0.6 is 0 Å². The van der Waals surface area contributed by atoms with Gasteiger partial charge in [-0.15, -0.1) is 5.10 Å². The second-order valence-electron chi connectivity index (χ2n) is 4.38. The molecule has 2 N–H and O–H groups in total. The molecule has 3 aromatic rings. The monoisotopic (exact) mass is 299 g/mol. The van der Waals surface area contributed by atoms with Gasteiger partial charge in [0.15, 0.2) is 0 Å². The Morgan fingerprint density at radius 3 is 2.86 bits per heavy atom. The summed E-state index contributed by atoms with van der Waals surface area (Å²) in [6.45, 7) is 0.364. The van der Waals surface area contributed by atoms with Crippen molar-refractivity contribution in [2.24, 2.45) is 0 Å². The molecule has 0 saturated heterocycles. The number of H-pyrrole nitrogens is 1. The summed E-state index contributed by atoms with van der Waals surface area (Å²) in [7, 11) is 1.58. The molecule has 0 aliphatic carbocycles. The zero-order chi connectivity index (χ0) is 15.4. The average Bonchev–Trinajstić information content (AvgIpc) is 3.20. The third-order valence-corrected chi connectivity index (χ3v) is 2.86. The lowest BCUT2D eigenvalue weighted by Gasteiger charge is -2.03. The number of hydrogen-bond acceptors (Lipinski definition) is 6. The molecule has 1 aromatic carbocycles. The molecule has 0 atom stereocenters. The van der Waals surface area contributed by atoms with Crippen molar-refractivity contribution < 1.29 is 9.53 Å². The minimum atomic E-state index is -0.397. The highest BCUT2D eigenvalue weighted by molar-refractivity contribution is 6.01. The van der Waals surface area contributed by atoms with Gasteiger partial charge in [0.05, 0.1) is 7.11 Å². The number of anilines is 1. The van der Waals surface area contributed by atoms with Crippen LogP contribution in [0.2, 0.25) is 0 Å². The standard InChI is InChI=1S/C13H13N7O2/c1-22-10-4-2-9(3-5-10)16-13(21)12-17-11(18-19-12)6-20-8-14-7-15-20/h2-5,7-8H,6H2,1H3,(H,16,21)(H,17,18,19). The van der Waals surface area contributed by atoms with E-state index in [2.05, 4.69) is 30.6 Å². The van der Waals surface area contributed by atoms with Crippen LogP contribution in [-0.2, 0) is 6.54 Å². The molecule has 9 nitrogen and oxygen atoms in total. The van der Waals surface area contributed by atoms with Crippen molar-refractivity contribution in [3.63, 3.8) is 0 Å². The van der Waals surface area contributed by atoms with Crippen molar-refractivity contribution >= 4 is 11.6 Å². The van der Waals surface area contributed by atoms with Gasteiger partial charge in [0.1, 0.15) is 30.8 Å². The molecule has 0 aliphatic rings. The first-order valence-corrected chi connectivity index (χ1v) is 6.43. The smallest absolute Gasteiger partial charge is 0.295 e. The lowest BCUT2D eigenvalue weighted by atomic mass is 10.3. The summed E-state index contributed by atoms with van der Waals surface area (Å²) in [5.41, 5.74) is 0.633. The van der Waals surface area contributed by atoms with Gasteiger partial charge in [-0.1, -0.05) is 0 Å². The summed E-state index contributed by atoms with van der Waals surface area (Å²) in [6, 6.07) is 6.98. The van der Waals surface area contributed by atoms with E-state index in [-0.39, 0.29) is 5.82 Å². The highest BCUT2D eigenvalue weighted by Gasteiger charge is 2.13. The summed E-state index contributed by atoms with van der Waals surface area (Å²) in [4.78, 5) is 20.0. The predicted molar refractivity (Wildman–Crippen MR) is 76.5 cm³/mol. The number of rotatable bonds is 5. The van der Waals surface area contributed by atoms with Crippen molar-refractivity contribution in [2.45, 2.75) is 6.54 Å². The van der Waals surface area contributed by atoms with Gasteiger partial charge in [-0.05, 0) is 24.3 Å². The Morgan fingerprint density at radius 2 is 2.18 bits per heavy atom. The molecule has 9 heteroatoms. The predicted octanol–water partition coefficient (Wildman–Crippen LogP) is 0.705. The molecule has 1 amide bonds. The zero-order valence-electron chi connectivity index (χ0n) is 11.7. The third kappa shape index (κ3) is 3.08. The number of benzene rings is 1. The van der Waals surface area contributed by atoms with Crippen molar-refractivity contribution in [3.05, 3.63) is 48.6 Å².